The number of ether oxygens (including phenoxy) is 2. The molecule has 0 aliphatic carbocycles. The average molecular weight is 233 g/mol. The summed E-state index contributed by atoms with van der Waals surface area (Å²) < 4.78 is 10.6. The van der Waals surface area contributed by atoms with E-state index in [4.69, 9.17) is 9.47 Å². The van der Waals surface area contributed by atoms with Crippen LogP contribution in [0.2, 0.25) is 0 Å². The molecule has 0 aliphatic rings. The van der Waals surface area contributed by atoms with Crippen LogP contribution in [0.3, 0.4) is 0 Å². The standard InChI is InChI=1S/C14H19NO2/c1-4-5-6-10-15-11-12-8-7-9-13(16-2)14(12)17-3/h7-9,15H,6,10-11H2,1-3H3. The van der Waals surface area contributed by atoms with Gasteiger partial charge in [-0.3, -0.25) is 0 Å². The molecule has 0 amide bonds. The van der Waals surface area contributed by atoms with E-state index in [1.54, 1.807) is 14.2 Å². The Kier molecular flexibility index (Phi) is 5.98. The summed E-state index contributed by atoms with van der Waals surface area (Å²) in [4.78, 5) is 0. The molecule has 0 heterocycles. The van der Waals surface area contributed by atoms with Crippen LogP contribution < -0.4 is 14.8 Å². The summed E-state index contributed by atoms with van der Waals surface area (Å²) >= 11 is 0. The predicted molar refractivity (Wildman–Crippen MR) is 69.3 cm³/mol. The van der Waals surface area contributed by atoms with Crippen LogP contribution in [-0.4, -0.2) is 20.8 Å². The molecule has 0 aliphatic heterocycles. The van der Waals surface area contributed by atoms with Gasteiger partial charge in [0.2, 0.25) is 0 Å². The van der Waals surface area contributed by atoms with Gasteiger partial charge in [0.25, 0.3) is 0 Å². The maximum Gasteiger partial charge on any atom is 0.165 e. The van der Waals surface area contributed by atoms with E-state index in [0.29, 0.717) is 0 Å². The molecular formula is C14H19NO2. The van der Waals surface area contributed by atoms with Crippen LogP contribution in [0.15, 0.2) is 18.2 Å². The quantitative estimate of drug-likeness (QED) is 0.603. The topological polar surface area (TPSA) is 30.5 Å². The van der Waals surface area contributed by atoms with Gasteiger partial charge in [-0.05, 0) is 13.0 Å². The summed E-state index contributed by atoms with van der Waals surface area (Å²) in [5, 5.41) is 3.32. The second-order valence-corrected chi connectivity index (χ2v) is 3.51. The number of methoxy groups -OCH3 is 2. The largest absolute Gasteiger partial charge is 0.493 e. The van der Waals surface area contributed by atoms with Gasteiger partial charge in [0.15, 0.2) is 11.5 Å². The van der Waals surface area contributed by atoms with Crippen LogP contribution in [0.1, 0.15) is 18.9 Å². The van der Waals surface area contributed by atoms with Gasteiger partial charge >= 0.3 is 0 Å². The van der Waals surface area contributed by atoms with E-state index in [1.165, 1.54) is 0 Å². The molecule has 3 nitrogen and oxygen atoms in total. The van der Waals surface area contributed by atoms with Crippen LogP contribution in [0.4, 0.5) is 0 Å². The van der Waals surface area contributed by atoms with Crippen molar-refractivity contribution in [3.05, 3.63) is 23.8 Å². The first kappa shape index (κ1) is 13.4. The van der Waals surface area contributed by atoms with Crippen LogP contribution >= 0.6 is 0 Å². The minimum atomic E-state index is 0.756. The fourth-order valence-corrected chi connectivity index (χ4v) is 1.59. The minimum absolute atomic E-state index is 0.756. The van der Waals surface area contributed by atoms with Crippen molar-refractivity contribution in [1.29, 1.82) is 0 Å². The van der Waals surface area contributed by atoms with Gasteiger partial charge in [-0.2, -0.15) is 0 Å². The summed E-state index contributed by atoms with van der Waals surface area (Å²) in [5.41, 5.74) is 1.09. The van der Waals surface area contributed by atoms with E-state index >= 15 is 0 Å². The van der Waals surface area contributed by atoms with Crippen LogP contribution in [0.5, 0.6) is 11.5 Å². The predicted octanol–water partition coefficient (Wildman–Crippen LogP) is 2.21. The second-order valence-electron chi connectivity index (χ2n) is 3.51. The molecule has 0 spiro atoms. The molecule has 0 aromatic heterocycles. The van der Waals surface area contributed by atoms with Crippen molar-refractivity contribution >= 4 is 0 Å². The fraction of sp³-hybridized carbons (Fsp3) is 0.429. The van der Waals surface area contributed by atoms with Crippen molar-refractivity contribution in [2.24, 2.45) is 0 Å². The SMILES string of the molecule is CC#CCCNCc1cccc(OC)c1OC. The molecule has 0 bridgehead atoms. The molecule has 1 N–H and O–H groups in total. The lowest BCUT2D eigenvalue weighted by Crippen LogP contribution is -2.15. The molecular weight excluding hydrogens is 214 g/mol. The first-order valence-corrected chi connectivity index (χ1v) is 5.63. The van der Waals surface area contributed by atoms with Gasteiger partial charge in [-0.25, -0.2) is 0 Å². The normalized spacial score (nSPS) is 9.35. The third-order valence-electron chi connectivity index (χ3n) is 2.40. The minimum Gasteiger partial charge on any atom is -0.493 e. The first-order chi connectivity index (χ1) is 8.33. The number of rotatable bonds is 6. The molecule has 0 radical (unpaired) electrons. The Labute approximate surface area is 103 Å². The van der Waals surface area contributed by atoms with Crippen molar-refractivity contribution < 1.29 is 9.47 Å². The van der Waals surface area contributed by atoms with Gasteiger partial charge in [-0.1, -0.05) is 12.1 Å². The molecule has 1 aromatic rings. The maximum atomic E-state index is 5.35. The van der Waals surface area contributed by atoms with E-state index in [9.17, 15) is 0 Å². The fourth-order valence-electron chi connectivity index (χ4n) is 1.59. The lowest BCUT2D eigenvalue weighted by atomic mass is 10.2. The molecule has 17 heavy (non-hydrogen) atoms. The summed E-state index contributed by atoms with van der Waals surface area (Å²) in [5.74, 6) is 7.45. The molecule has 0 fully saturated rings. The zero-order valence-corrected chi connectivity index (χ0v) is 10.7. The molecule has 0 saturated carbocycles. The summed E-state index contributed by atoms with van der Waals surface area (Å²) in [6, 6.07) is 5.88. The Morgan fingerprint density at radius 2 is 2.06 bits per heavy atom. The third-order valence-corrected chi connectivity index (χ3v) is 2.40. The molecule has 3 heteroatoms. The van der Waals surface area contributed by atoms with E-state index in [1.807, 2.05) is 25.1 Å². The zero-order chi connectivity index (χ0) is 12.5. The second kappa shape index (κ2) is 7.59. The van der Waals surface area contributed by atoms with E-state index in [-0.39, 0.29) is 0 Å². The van der Waals surface area contributed by atoms with E-state index in [0.717, 1.165) is 36.6 Å². The van der Waals surface area contributed by atoms with Gasteiger partial charge in [0, 0.05) is 25.1 Å². The smallest absolute Gasteiger partial charge is 0.165 e. The number of benzene rings is 1. The molecule has 92 valence electrons. The van der Waals surface area contributed by atoms with Gasteiger partial charge in [-0.15, -0.1) is 11.8 Å². The third kappa shape index (κ3) is 4.01. The average Bonchev–Trinajstić information content (AvgIpc) is 2.38. The lowest BCUT2D eigenvalue weighted by Gasteiger charge is -2.12. The Morgan fingerprint density at radius 3 is 2.71 bits per heavy atom. The van der Waals surface area contributed by atoms with E-state index in [2.05, 4.69) is 17.2 Å². The Hall–Kier alpha value is -1.66. The van der Waals surface area contributed by atoms with Crippen molar-refractivity contribution in [3.63, 3.8) is 0 Å². The maximum absolute atomic E-state index is 5.35. The number of nitrogens with one attached hydrogen (secondary N) is 1. The first-order valence-electron chi connectivity index (χ1n) is 5.63. The van der Waals surface area contributed by atoms with Crippen LogP contribution in [-0.2, 0) is 6.54 Å². The molecule has 0 saturated heterocycles. The van der Waals surface area contributed by atoms with Gasteiger partial charge in [0.05, 0.1) is 14.2 Å². The van der Waals surface area contributed by atoms with Gasteiger partial charge in [0.1, 0.15) is 0 Å². The number of para-hydroxylation sites is 1. The highest BCUT2D eigenvalue weighted by Gasteiger charge is 2.08. The van der Waals surface area contributed by atoms with Gasteiger partial charge < -0.3 is 14.8 Å². The Morgan fingerprint density at radius 1 is 1.24 bits per heavy atom. The van der Waals surface area contributed by atoms with Crippen LogP contribution in [0.25, 0.3) is 0 Å². The molecule has 0 unspecified atom stereocenters. The highest BCUT2D eigenvalue weighted by molar-refractivity contribution is 5.46. The molecule has 1 rings (SSSR count). The van der Waals surface area contributed by atoms with Crippen LogP contribution in [0, 0.1) is 11.8 Å². The lowest BCUT2D eigenvalue weighted by molar-refractivity contribution is 0.351. The van der Waals surface area contributed by atoms with Crippen molar-refractivity contribution in [2.45, 2.75) is 19.9 Å². The summed E-state index contributed by atoms with van der Waals surface area (Å²) in [7, 11) is 3.30. The Balaban J connectivity index is 2.59. The van der Waals surface area contributed by atoms with Crippen molar-refractivity contribution in [1.82, 2.24) is 5.32 Å². The highest BCUT2D eigenvalue weighted by atomic mass is 16.5. The molecule has 1 aromatic carbocycles. The Bertz CT molecular complexity index is 404. The number of hydrogen-bond donors (Lipinski definition) is 1. The molecule has 0 atom stereocenters. The van der Waals surface area contributed by atoms with Crippen molar-refractivity contribution in [3.8, 4) is 23.3 Å². The monoisotopic (exact) mass is 233 g/mol. The zero-order valence-electron chi connectivity index (χ0n) is 10.7. The summed E-state index contributed by atoms with van der Waals surface area (Å²) in [6.45, 7) is 3.48. The highest BCUT2D eigenvalue weighted by Crippen LogP contribution is 2.30. The summed E-state index contributed by atoms with van der Waals surface area (Å²) in [6.07, 6.45) is 0.864. The van der Waals surface area contributed by atoms with E-state index < -0.39 is 0 Å². The van der Waals surface area contributed by atoms with Crippen molar-refractivity contribution in [2.75, 3.05) is 20.8 Å². The number of hydrogen-bond acceptors (Lipinski definition) is 3.